The number of carboxylic acids is 1. The lowest BCUT2D eigenvalue weighted by atomic mass is 10.1. The number of rotatable bonds is 15. The zero-order valence-corrected chi connectivity index (χ0v) is 32.4. The molecule has 310 valence electrons. The van der Waals surface area contributed by atoms with E-state index >= 15 is 0 Å². The van der Waals surface area contributed by atoms with E-state index in [0.717, 1.165) is 18.2 Å². The summed E-state index contributed by atoms with van der Waals surface area (Å²) < 4.78 is 71.7. The lowest BCUT2D eigenvalue weighted by Gasteiger charge is -2.11. The van der Waals surface area contributed by atoms with Gasteiger partial charge in [0.2, 0.25) is 16.4 Å². The first-order valence-electron chi connectivity index (χ1n) is 13.6. The molecule has 0 aliphatic carbocycles. The Morgan fingerprint density at radius 1 is 0.879 bits per heavy atom. The molecule has 0 fully saturated rings. The molecule has 1 aromatic heterocycles. The van der Waals surface area contributed by atoms with Gasteiger partial charge in [0, 0.05) is 27.6 Å². The number of nitrogens with one attached hydrogen (secondary N) is 1. The topological polar surface area (TPSA) is 456 Å². The lowest BCUT2D eigenvalue weighted by molar-refractivity contribution is -0.432. The normalized spacial score (nSPS) is 11.3. The number of carboxylic acid groups (broad SMARTS) is 2. The van der Waals surface area contributed by atoms with Gasteiger partial charge < -0.3 is 37.9 Å². The molecule has 33 heteroatoms. The van der Waals surface area contributed by atoms with E-state index in [9.17, 15) is 36.1 Å². The molecule has 0 saturated carbocycles. The number of nitrogens with zero attached hydrogens (tertiary/aromatic N) is 7. The van der Waals surface area contributed by atoms with E-state index in [1.807, 2.05) is 0 Å². The van der Waals surface area contributed by atoms with Crippen LogP contribution in [-0.4, -0.2) is 78.6 Å². The number of nitrogens with two attached hydrogens (primary N) is 2. The summed E-state index contributed by atoms with van der Waals surface area (Å²) in [6.45, 7) is 0. The highest BCUT2D eigenvalue weighted by Crippen LogP contribution is 2.43. The number of anilines is 4. The van der Waals surface area contributed by atoms with Crippen LogP contribution in [0.5, 0.6) is 0 Å². The second-order valence-corrected chi connectivity index (χ2v) is 14.7. The average molecular weight is 929 g/mol. The fraction of sp³-hybridized carbons (Fsp3) is 0. The van der Waals surface area contributed by atoms with Crippen molar-refractivity contribution in [1.29, 1.82) is 0 Å². The number of aromatic nitrogens is 3. The van der Waals surface area contributed by atoms with Crippen molar-refractivity contribution in [2.24, 2.45) is 20.5 Å². The van der Waals surface area contributed by atoms with Crippen molar-refractivity contribution in [2.75, 3.05) is 16.8 Å². The minimum Gasteiger partial charge on any atom is -0.478 e. The van der Waals surface area contributed by atoms with Crippen molar-refractivity contribution in [3.8, 4) is 11.4 Å². The zero-order chi connectivity index (χ0) is 41.2. The number of hydrogen-bond donors (Lipinski definition) is 8. The Hall–Kier alpha value is -5.51. The number of halogens is 1. The summed E-state index contributed by atoms with van der Waals surface area (Å²) in [5, 5.41) is 50.1. The molecule has 0 aliphatic heterocycles. The zero-order valence-electron chi connectivity index (χ0n) is 27.6. The van der Waals surface area contributed by atoms with Crippen LogP contribution >= 0.6 is 47.2 Å². The van der Waals surface area contributed by atoms with Gasteiger partial charge in [0.1, 0.15) is 33.2 Å². The Bertz CT molecular complexity index is 2540. The number of nitrogen functional groups attached to an aromatic ring is 2. The van der Waals surface area contributed by atoms with Crippen LogP contribution in [0, 0.1) is 11.4 Å². The first-order chi connectivity index (χ1) is 26.3. The molecule has 0 unspecified atom stereocenters. The van der Waals surface area contributed by atoms with Crippen LogP contribution < -0.4 is 16.8 Å². The van der Waals surface area contributed by atoms with Gasteiger partial charge in [-0.2, -0.15) is 31.8 Å². The summed E-state index contributed by atoms with van der Waals surface area (Å²) in [4.78, 5) is 38.4. The Labute approximate surface area is 340 Å². The quantitative estimate of drug-likeness (QED) is 0.0119. The van der Waals surface area contributed by atoms with Crippen molar-refractivity contribution < 1.29 is 80.5 Å². The molecule has 0 radical (unpaired) electrons. The predicted molar refractivity (Wildman–Crippen MR) is 201 cm³/mol. The first kappa shape index (κ1) is 48.6. The molecule has 0 spiro atoms. The van der Waals surface area contributed by atoms with Crippen molar-refractivity contribution in [3.05, 3.63) is 53.3 Å². The van der Waals surface area contributed by atoms with E-state index in [4.69, 9.17) is 38.0 Å². The maximum absolute atomic E-state index is 12.6. The van der Waals surface area contributed by atoms with Crippen LogP contribution in [-0.2, 0) is 39.1 Å². The number of hydrogen-bond acceptors (Lipinski definition) is 24. The molecule has 27 nitrogen and oxygen atoms in total. The molecule has 58 heavy (non-hydrogen) atoms. The maximum Gasteiger partial charge on any atom is 0.433 e. The molecule has 0 saturated heterocycles. The predicted octanol–water partition coefficient (Wildman–Crippen LogP) is 4.52. The Morgan fingerprint density at radius 2 is 1.53 bits per heavy atom. The maximum atomic E-state index is 12.6. The van der Waals surface area contributed by atoms with Gasteiger partial charge in [0.15, 0.2) is 6.11 Å². The van der Waals surface area contributed by atoms with Gasteiger partial charge in [-0.05, 0) is 70.2 Å². The molecular weight excluding hydrogens is 908 g/mol. The van der Waals surface area contributed by atoms with E-state index in [-0.39, 0.29) is 71.6 Å². The number of azo groups is 2. The first-order valence-corrected chi connectivity index (χ1v) is 19.2. The van der Waals surface area contributed by atoms with Crippen LogP contribution in [0.1, 0.15) is 10.4 Å². The minimum atomic E-state index is -5.02. The van der Waals surface area contributed by atoms with Gasteiger partial charge >= 0.3 is 21.7 Å². The van der Waals surface area contributed by atoms with Crippen LogP contribution in [0.3, 0.4) is 0 Å². The molecule has 14 N–H and O–H groups in total. The molecular formula is C25H21ClN10O17S5. The van der Waals surface area contributed by atoms with Gasteiger partial charge in [-0.25, -0.2) is 14.8 Å². The third-order valence-electron chi connectivity index (χ3n) is 5.78. The summed E-state index contributed by atoms with van der Waals surface area (Å²) in [6, 6.07) is 8.30. The smallest absolute Gasteiger partial charge is 0.433 e. The van der Waals surface area contributed by atoms with Crippen LogP contribution in [0.2, 0.25) is 5.28 Å². The standard InChI is InChI=1S/C25H17ClN10O15S5.2H2O/c26-22-30-23(32-24(31-22)53-25(39)40)29-10-1-4-16(54-50-49-41)15(7-10)34-36-20-13(28)9-12(27)19(18(20)21(37)38)35-33-14-3-2-11(8-17(14)55(42,43)44)52-6-5-48-51-56(45,46)47;;/h1-4,7-9,41H,27-28H2,(H,37,38)(H,39,40)(H,42,43,44)(H,45,46,47)(H,29,30,31,32);2*1H2. The third kappa shape index (κ3) is 14.1. The molecule has 4 rings (SSSR count). The van der Waals surface area contributed by atoms with E-state index in [2.05, 4.69) is 64.6 Å². The molecule has 4 aromatic rings. The molecule has 0 aliphatic rings. The highest BCUT2D eigenvalue weighted by Gasteiger charge is 2.24. The van der Waals surface area contributed by atoms with Gasteiger partial charge in [0.25, 0.3) is 10.1 Å². The van der Waals surface area contributed by atoms with Crippen molar-refractivity contribution in [1.82, 2.24) is 15.0 Å². The second kappa shape index (κ2) is 21.3. The van der Waals surface area contributed by atoms with E-state index in [0.29, 0.717) is 23.8 Å². The van der Waals surface area contributed by atoms with Crippen LogP contribution in [0.15, 0.2) is 82.8 Å². The monoisotopic (exact) mass is 928 g/mol. The summed E-state index contributed by atoms with van der Waals surface area (Å²) in [5.74, 6) is -1.88. The van der Waals surface area contributed by atoms with Crippen molar-refractivity contribution in [3.63, 3.8) is 0 Å². The van der Waals surface area contributed by atoms with E-state index in [1.165, 1.54) is 24.3 Å². The SMILES string of the molecule is Nc1cc(N)c(N=Nc2ccc(SC#COOS(=O)(=O)O)cc2S(=O)(=O)O)c(C(=O)O)c1N=Nc1cc(Nc2nc(Cl)nc(SC(=O)O)n2)ccc1SOOO.O.O. The van der Waals surface area contributed by atoms with Gasteiger partial charge in [-0.15, -0.1) is 24.8 Å². The summed E-state index contributed by atoms with van der Waals surface area (Å²) in [6.07, 6.45) is 1.74. The van der Waals surface area contributed by atoms with Gasteiger partial charge in [0.05, 0.1) is 28.3 Å². The number of carbonyl (C=O) groups is 2. The molecule has 0 atom stereocenters. The third-order valence-corrected chi connectivity index (χ3v) is 8.94. The average Bonchev–Trinajstić information content (AvgIpc) is 3.08. The summed E-state index contributed by atoms with van der Waals surface area (Å²) in [5.41, 5.74) is 9.11. The van der Waals surface area contributed by atoms with Crippen LogP contribution in [0.25, 0.3) is 0 Å². The molecule has 1 heterocycles. The minimum absolute atomic E-state index is 0. The summed E-state index contributed by atoms with van der Waals surface area (Å²) >= 11 is 7.14. The highest BCUT2D eigenvalue weighted by atomic mass is 35.5. The lowest BCUT2D eigenvalue weighted by Crippen LogP contribution is -2.03. The van der Waals surface area contributed by atoms with Crippen LogP contribution in [0.4, 0.5) is 50.6 Å². The van der Waals surface area contributed by atoms with Gasteiger partial charge in [-0.1, -0.05) is 5.04 Å². The number of thioether (sulfide) groups is 2. The Kier molecular flexibility index (Phi) is 17.9. The fourth-order valence-corrected chi connectivity index (χ4v) is 6.16. The Morgan fingerprint density at radius 3 is 2.12 bits per heavy atom. The van der Waals surface area contributed by atoms with Gasteiger partial charge in [-0.3, -0.25) is 14.0 Å². The van der Waals surface area contributed by atoms with E-state index < -0.39 is 59.3 Å². The summed E-state index contributed by atoms with van der Waals surface area (Å²) in [7, 11) is -9.98. The van der Waals surface area contributed by atoms with Crippen molar-refractivity contribution in [2.45, 2.75) is 19.8 Å². The second-order valence-electron chi connectivity index (χ2n) is 9.43. The molecule has 0 bridgehead atoms. The molecule has 3 aromatic carbocycles. The highest BCUT2D eigenvalue weighted by molar-refractivity contribution is 8.13. The molecule has 0 amide bonds. The van der Waals surface area contributed by atoms with Crippen molar-refractivity contribution >= 4 is 125 Å². The fourth-order valence-electron chi connectivity index (χ4n) is 3.77. The Balaban J connectivity index is 0.00000580. The largest absolute Gasteiger partial charge is 0.478 e. The number of benzene rings is 3. The number of aromatic carboxylic acids is 1. The van der Waals surface area contributed by atoms with E-state index in [1.54, 1.807) is 6.11 Å².